The molecule has 1 atom stereocenters. The summed E-state index contributed by atoms with van der Waals surface area (Å²) in [6.07, 6.45) is 4.36. The van der Waals surface area contributed by atoms with Gasteiger partial charge in [0.05, 0.1) is 12.2 Å². The van der Waals surface area contributed by atoms with E-state index in [2.05, 4.69) is 34.1 Å². The molecule has 0 aliphatic rings. The van der Waals surface area contributed by atoms with Crippen molar-refractivity contribution in [2.24, 2.45) is 5.92 Å². The monoisotopic (exact) mass is 396 g/mol. The van der Waals surface area contributed by atoms with Crippen LogP contribution in [0.5, 0.6) is 0 Å². The van der Waals surface area contributed by atoms with Gasteiger partial charge in [0.25, 0.3) is 0 Å². The molecule has 1 heterocycles. The van der Waals surface area contributed by atoms with E-state index in [9.17, 15) is 4.79 Å². The maximum absolute atomic E-state index is 12.3. The molecule has 1 aromatic carbocycles. The molecule has 0 fully saturated rings. The number of halogens is 2. The van der Waals surface area contributed by atoms with Crippen LogP contribution in [0.25, 0.3) is 0 Å². The van der Waals surface area contributed by atoms with E-state index in [0.717, 1.165) is 25.7 Å². The van der Waals surface area contributed by atoms with Crippen LogP contribution in [0.1, 0.15) is 49.9 Å². The van der Waals surface area contributed by atoms with Crippen LogP contribution in [0, 0.1) is 5.92 Å². The summed E-state index contributed by atoms with van der Waals surface area (Å²) in [7, 11) is 0. The Morgan fingerprint density at radius 3 is 2.58 bits per heavy atom. The zero-order chi connectivity index (χ0) is 18.9. The van der Waals surface area contributed by atoms with Gasteiger partial charge in [0, 0.05) is 5.69 Å². The van der Waals surface area contributed by atoms with Gasteiger partial charge in [0.1, 0.15) is 0 Å². The van der Waals surface area contributed by atoms with Gasteiger partial charge in [-0.1, -0.05) is 39.2 Å². The lowest BCUT2D eigenvalue weighted by molar-refractivity contribution is 0.0428. The van der Waals surface area contributed by atoms with Crippen molar-refractivity contribution in [3.8, 4) is 0 Å². The highest BCUT2D eigenvalue weighted by Crippen LogP contribution is 2.19. The Balaban J connectivity index is 2.00. The molecule has 6 nitrogen and oxygen atoms in total. The lowest BCUT2D eigenvalue weighted by Crippen LogP contribution is -2.14. The standard InChI is InChI=1S/C18H22Cl2N4O2/c1-3-5-7-12(4-2)11-26-15(25)13-8-6-9-14(10-13)21-18-23-16(19)22-17(20)24-18/h6,8-10,12H,3-5,7,11H2,1-2H3,(H,21,22,23,24). The number of anilines is 2. The molecule has 8 heteroatoms. The molecule has 2 aromatic rings. The predicted octanol–water partition coefficient (Wildman–Crippen LogP) is 5.30. The number of ether oxygens (including phenoxy) is 1. The number of hydrogen-bond donors (Lipinski definition) is 1. The smallest absolute Gasteiger partial charge is 0.338 e. The van der Waals surface area contributed by atoms with E-state index in [1.54, 1.807) is 24.3 Å². The van der Waals surface area contributed by atoms with Crippen molar-refractivity contribution in [2.75, 3.05) is 11.9 Å². The number of rotatable bonds is 9. The molecule has 1 aromatic heterocycles. The van der Waals surface area contributed by atoms with Crippen molar-refractivity contribution in [3.05, 3.63) is 40.4 Å². The molecular formula is C18H22Cl2N4O2. The average Bonchev–Trinajstić information content (AvgIpc) is 2.61. The van der Waals surface area contributed by atoms with Gasteiger partial charge in [-0.05, 0) is 53.7 Å². The van der Waals surface area contributed by atoms with E-state index >= 15 is 0 Å². The summed E-state index contributed by atoms with van der Waals surface area (Å²) in [5, 5.41) is 2.92. The highest BCUT2D eigenvalue weighted by atomic mass is 35.5. The number of aromatic nitrogens is 3. The number of esters is 1. The summed E-state index contributed by atoms with van der Waals surface area (Å²) < 4.78 is 5.47. The van der Waals surface area contributed by atoms with E-state index in [0.29, 0.717) is 23.8 Å². The first-order valence-electron chi connectivity index (χ1n) is 8.63. The van der Waals surface area contributed by atoms with Gasteiger partial charge in [-0.2, -0.15) is 15.0 Å². The van der Waals surface area contributed by atoms with Crippen LogP contribution in [-0.2, 0) is 4.74 Å². The molecule has 0 spiro atoms. The summed E-state index contributed by atoms with van der Waals surface area (Å²) in [6, 6.07) is 6.89. The van der Waals surface area contributed by atoms with Crippen molar-refractivity contribution in [2.45, 2.75) is 39.5 Å². The van der Waals surface area contributed by atoms with Gasteiger partial charge >= 0.3 is 5.97 Å². The fraction of sp³-hybridized carbons (Fsp3) is 0.444. The van der Waals surface area contributed by atoms with Crippen molar-refractivity contribution in [3.63, 3.8) is 0 Å². The minimum atomic E-state index is -0.352. The van der Waals surface area contributed by atoms with E-state index < -0.39 is 0 Å². The van der Waals surface area contributed by atoms with Gasteiger partial charge in [0.15, 0.2) is 0 Å². The molecule has 0 bridgehead atoms. The van der Waals surface area contributed by atoms with Gasteiger partial charge in [-0.15, -0.1) is 0 Å². The first-order chi connectivity index (χ1) is 12.5. The molecule has 0 aliphatic heterocycles. The molecule has 1 N–H and O–H groups in total. The highest BCUT2D eigenvalue weighted by Gasteiger charge is 2.13. The summed E-state index contributed by atoms with van der Waals surface area (Å²) in [5.41, 5.74) is 1.07. The second kappa shape index (κ2) is 10.3. The van der Waals surface area contributed by atoms with Crippen LogP contribution in [0.2, 0.25) is 10.6 Å². The summed E-state index contributed by atoms with van der Waals surface area (Å²) >= 11 is 11.5. The molecule has 0 aliphatic carbocycles. The number of benzene rings is 1. The molecule has 1 unspecified atom stereocenters. The third-order valence-electron chi connectivity index (χ3n) is 3.93. The molecule has 0 saturated heterocycles. The van der Waals surface area contributed by atoms with Gasteiger partial charge < -0.3 is 10.1 Å². The van der Waals surface area contributed by atoms with Crippen molar-refractivity contribution in [1.29, 1.82) is 0 Å². The normalized spacial score (nSPS) is 11.8. The van der Waals surface area contributed by atoms with Crippen LogP contribution < -0.4 is 5.32 Å². The fourth-order valence-corrected chi connectivity index (χ4v) is 2.77. The number of nitrogens with one attached hydrogen (secondary N) is 1. The molecule has 26 heavy (non-hydrogen) atoms. The molecule has 0 saturated carbocycles. The van der Waals surface area contributed by atoms with Gasteiger partial charge in [-0.25, -0.2) is 4.79 Å². The number of carbonyl (C=O) groups is 1. The molecular weight excluding hydrogens is 375 g/mol. The van der Waals surface area contributed by atoms with E-state index in [1.165, 1.54) is 0 Å². The Morgan fingerprint density at radius 2 is 1.92 bits per heavy atom. The van der Waals surface area contributed by atoms with Crippen LogP contribution in [0.15, 0.2) is 24.3 Å². The van der Waals surface area contributed by atoms with E-state index in [4.69, 9.17) is 27.9 Å². The zero-order valence-electron chi connectivity index (χ0n) is 14.8. The maximum atomic E-state index is 12.3. The third-order valence-corrected chi connectivity index (χ3v) is 4.27. The molecule has 0 radical (unpaired) electrons. The fourth-order valence-electron chi connectivity index (χ4n) is 2.41. The quantitative estimate of drug-likeness (QED) is 0.579. The molecule has 140 valence electrons. The average molecular weight is 397 g/mol. The molecule has 0 amide bonds. The zero-order valence-corrected chi connectivity index (χ0v) is 16.3. The van der Waals surface area contributed by atoms with Crippen LogP contribution in [-0.4, -0.2) is 27.5 Å². The second-order valence-electron chi connectivity index (χ2n) is 5.92. The predicted molar refractivity (Wildman–Crippen MR) is 103 cm³/mol. The number of carbonyl (C=O) groups excluding carboxylic acids is 1. The number of nitrogens with zero attached hydrogens (tertiary/aromatic N) is 3. The van der Waals surface area contributed by atoms with Crippen LogP contribution in [0.3, 0.4) is 0 Å². The minimum absolute atomic E-state index is 0.0132. The van der Waals surface area contributed by atoms with Crippen LogP contribution >= 0.6 is 23.2 Å². The number of hydrogen-bond acceptors (Lipinski definition) is 6. The van der Waals surface area contributed by atoms with E-state index in [-0.39, 0.29) is 22.5 Å². The largest absolute Gasteiger partial charge is 0.462 e. The first kappa shape index (κ1) is 20.4. The van der Waals surface area contributed by atoms with Crippen LogP contribution in [0.4, 0.5) is 11.6 Å². The first-order valence-corrected chi connectivity index (χ1v) is 9.38. The lowest BCUT2D eigenvalue weighted by atomic mass is 10.0. The van der Waals surface area contributed by atoms with Crippen molar-refractivity contribution in [1.82, 2.24) is 15.0 Å². The highest BCUT2D eigenvalue weighted by molar-refractivity contribution is 6.31. The van der Waals surface area contributed by atoms with Gasteiger partial charge in [0.2, 0.25) is 16.5 Å². The topological polar surface area (TPSA) is 77.0 Å². The third kappa shape index (κ3) is 6.42. The molecule has 2 rings (SSSR count). The van der Waals surface area contributed by atoms with Gasteiger partial charge in [-0.3, -0.25) is 0 Å². The Hall–Kier alpha value is -1.92. The van der Waals surface area contributed by atoms with E-state index in [1.807, 2.05) is 0 Å². The summed E-state index contributed by atoms with van der Waals surface area (Å²) in [4.78, 5) is 23.9. The lowest BCUT2D eigenvalue weighted by Gasteiger charge is -2.15. The SMILES string of the molecule is CCCCC(CC)COC(=O)c1cccc(Nc2nc(Cl)nc(Cl)n2)c1. The number of unbranched alkanes of at least 4 members (excludes halogenated alkanes) is 1. The second-order valence-corrected chi connectivity index (χ2v) is 6.59. The Labute approximate surface area is 163 Å². The summed E-state index contributed by atoms with van der Waals surface area (Å²) in [5.74, 6) is 0.246. The summed E-state index contributed by atoms with van der Waals surface area (Å²) in [6.45, 7) is 4.71. The Bertz CT molecular complexity index is 723. The van der Waals surface area contributed by atoms with Crippen molar-refractivity contribution < 1.29 is 9.53 Å². The Kier molecular flexibility index (Phi) is 8.06. The minimum Gasteiger partial charge on any atom is -0.462 e. The Morgan fingerprint density at radius 1 is 1.19 bits per heavy atom. The maximum Gasteiger partial charge on any atom is 0.338 e. The van der Waals surface area contributed by atoms with Crippen molar-refractivity contribution >= 4 is 40.8 Å².